The van der Waals surface area contributed by atoms with Crippen LogP contribution in [0.15, 0.2) is 30.3 Å². The first-order valence-corrected chi connectivity index (χ1v) is 12.0. The van der Waals surface area contributed by atoms with Crippen molar-refractivity contribution in [2.24, 2.45) is 0 Å². The molecule has 0 saturated carbocycles. The third-order valence-electron chi connectivity index (χ3n) is 4.50. The molecule has 1 unspecified atom stereocenters. The molecule has 18 heavy (non-hydrogen) atoms. The van der Waals surface area contributed by atoms with E-state index in [-0.39, 0.29) is 7.47 Å². The molecule has 0 aliphatic rings. The Hall–Kier alpha value is -0.133. The topological polar surface area (TPSA) is 0 Å². The van der Waals surface area contributed by atoms with Crippen LogP contribution in [0.5, 0.6) is 0 Å². The Labute approximate surface area is 116 Å². The molecule has 0 fully saturated rings. The van der Waals surface area contributed by atoms with Gasteiger partial charge in [0, 0.05) is 0 Å². The molecule has 1 aromatic carbocycles. The molecule has 1 atom stereocenters. The SMILES string of the molecule is CC(C)[Si](C(C)C)(C(C)C)P(C)c1ccccc1. The van der Waals surface area contributed by atoms with Gasteiger partial charge in [-0.25, -0.2) is 0 Å². The van der Waals surface area contributed by atoms with Crippen LogP contribution in [0, 0.1) is 0 Å². The zero-order valence-electron chi connectivity index (χ0n) is 13.1. The van der Waals surface area contributed by atoms with Gasteiger partial charge in [-0.05, 0) is 28.6 Å². The maximum Gasteiger partial charge on any atom is 0.0936 e. The summed E-state index contributed by atoms with van der Waals surface area (Å²) in [6.07, 6.45) is 0. The average Bonchev–Trinajstić information content (AvgIpc) is 2.29. The minimum atomic E-state index is -1.31. The Morgan fingerprint density at radius 2 is 1.17 bits per heavy atom. The van der Waals surface area contributed by atoms with Crippen molar-refractivity contribution in [3.05, 3.63) is 30.3 Å². The van der Waals surface area contributed by atoms with Gasteiger partial charge in [-0.15, -0.1) is 0 Å². The lowest BCUT2D eigenvalue weighted by atomic mass is 10.4. The molecular weight excluding hydrogens is 251 g/mol. The average molecular weight is 280 g/mol. The first-order valence-electron chi connectivity index (χ1n) is 7.14. The van der Waals surface area contributed by atoms with Gasteiger partial charge in [0.1, 0.15) is 0 Å². The molecule has 0 heterocycles. The Morgan fingerprint density at radius 1 is 0.778 bits per heavy atom. The smallest absolute Gasteiger partial charge is 0.0898 e. The van der Waals surface area contributed by atoms with E-state index < -0.39 is 7.74 Å². The standard InChI is InChI=1S/C16H29PSi/c1-13(2)18(14(3)4,15(5)6)17(7)16-11-9-8-10-12-16/h8-15H,1-7H3. The molecular formula is C16H29PSi. The van der Waals surface area contributed by atoms with E-state index in [1.54, 1.807) is 5.30 Å². The lowest BCUT2D eigenvalue weighted by Gasteiger charge is -2.48. The Morgan fingerprint density at radius 3 is 1.50 bits per heavy atom. The lowest BCUT2D eigenvalue weighted by Crippen LogP contribution is -2.44. The van der Waals surface area contributed by atoms with E-state index in [0.29, 0.717) is 0 Å². The monoisotopic (exact) mass is 280 g/mol. The van der Waals surface area contributed by atoms with E-state index in [1.807, 2.05) is 0 Å². The molecule has 0 radical (unpaired) electrons. The van der Waals surface area contributed by atoms with Crippen molar-refractivity contribution >= 4 is 20.5 Å². The Balaban J connectivity index is 3.27. The summed E-state index contributed by atoms with van der Waals surface area (Å²) >= 11 is 0. The predicted octanol–water partition coefficient (Wildman–Crippen LogP) is 5.60. The van der Waals surface area contributed by atoms with Crippen LogP contribution in [0.2, 0.25) is 16.6 Å². The van der Waals surface area contributed by atoms with Gasteiger partial charge in [0.2, 0.25) is 0 Å². The van der Waals surface area contributed by atoms with Gasteiger partial charge >= 0.3 is 0 Å². The number of rotatable bonds is 5. The van der Waals surface area contributed by atoms with Crippen molar-refractivity contribution in [3.63, 3.8) is 0 Å². The summed E-state index contributed by atoms with van der Waals surface area (Å²) in [6.45, 7) is 17.3. The Kier molecular flexibility index (Phi) is 5.61. The van der Waals surface area contributed by atoms with E-state index in [9.17, 15) is 0 Å². The van der Waals surface area contributed by atoms with Gasteiger partial charge in [-0.3, -0.25) is 0 Å². The van der Waals surface area contributed by atoms with Gasteiger partial charge in [-0.2, -0.15) is 0 Å². The highest BCUT2D eigenvalue weighted by Gasteiger charge is 2.47. The van der Waals surface area contributed by atoms with Crippen LogP contribution in [-0.4, -0.2) is 14.4 Å². The molecule has 1 rings (SSSR count). The molecule has 0 N–H and O–H groups in total. The summed E-state index contributed by atoms with van der Waals surface area (Å²) in [7, 11) is -1.31. The van der Waals surface area contributed by atoms with Crippen LogP contribution >= 0.6 is 7.47 Å². The summed E-state index contributed by atoms with van der Waals surface area (Å²) < 4.78 is 0. The van der Waals surface area contributed by atoms with Crippen molar-refractivity contribution in [2.45, 2.75) is 58.2 Å². The van der Waals surface area contributed by atoms with Crippen LogP contribution in [0.4, 0.5) is 0 Å². The first kappa shape index (κ1) is 15.9. The summed E-state index contributed by atoms with van der Waals surface area (Å²) in [5.41, 5.74) is 2.57. The highest BCUT2D eigenvalue weighted by Crippen LogP contribution is 2.59. The highest BCUT2D eigenvalue weighted by atomic mass is 31.4. The fourth-order valence-corrected chi connectivity index (χ4v) is 20.2. The summed E-state index contributed by atoms with van der Waals surface area (Å²) in [5, 5.41) is 1.61. The summed E-state index contributed by atoms with van der Waals surface area (Å²) in [5.74, 6) is 0. The molecule has 0 amide bonds. The second-order valence-corrected chi connectivity index (χ2v) is 17.5. The lowest BCUT2D eigenvalue weighted by molar-refractivity contribution is 0.849. The van der Waals surface area contributed by atoms with Crippen molar-refractivity contribution < 1.29 is 0 Å². The van der Waals surface area contributed by atoms with E-state index in [4.69, 9.17) is 0 Å². The Bertz CT molecular complexity index is 335. The van der Waals surface area contributed by atoms with Crippen molar-refractivity contribution in [1.29, 1.82) is 0 Å². The second kappa shape index (κ2) is 6.35. The van der Waals surface area contributed by atoms with Crippen LogP contribution in [0.3, 0.4) is 0 Å². The molecule has 0 aromatic heterocycles. The molecule has 0 saturated heterocycles. The maximum atomic E-state index is 2.54. The van der Waals surface area contributed by atoms with E-state index in [1.165, 1.54) is 0 Å². The van der Waals surface area contributed by atoms with E-state index >= 15 is 0 Å². The molecule has 0 aliphatic carbocycles. The normalized spacial score (nSPS) is 14.6. The van der Waals surface area contributed by atoms with Crippen LogP contribution in [0.1, 0.15) is 41.5 Å². The predicted molar refractivity (Wildman–Crippen MR) is 90.0 cm³/mol. The molecule has 102 valence electrons. The summed E-state index contributed by atoms with van der Waals surface area (Å²) in [4.78, 5) is 0. The molecule has 2 heteroatoms. The second-order valence-electron chi connectivity index (χ2n) is 6.25. The quantitative estimate of drug-likeness (QED) is 0.486. The van der Waals surface area contributed by atoms with Crippen LogP contribution < -0.4 is 5.30 Å². The fourth-order valence-electron chi connectivity index (χ4n) is 4.04. The first-order chi connectivity index (χ1) is 8.35. The number of hydrogen-bond acceptors (Lipinski definition) is 0. The molecule has 0 bridgehead atoms. The molecule has 0 nitrogen and oxygen atoms in total. The van der Waals surface area contributed by atoms with Crippen molar-refractivity contribution in [1.82, 2.24) is 0 Å². The number of hydrogen-bond donors (Lipinski definition) is 0. The fraction of sp³-hybridized carbons (Fsp3) is 0.625. The maximum absolute atomic E-state index is 2.54. The van der Waals surface area contributed by atoms with Gasteiger partial charge in [-0.1, -0.05) is 79.3 Å². The van der Waals surface area contributed by atoms with Gasteiger partial charge in [0.15, 0.2) is 0 Å². The minimum absolute atomic E-state index is 0.00283. The van der Waals surface area contributed by atoms with Gasteiger partial charge in [0.05, 0.1) is 7.74 Å². The largest absolute Gasteiger partial charge is 0.0936 e. The van der Waals surface area contributed by atoms with Gasteiger partial charge < -0.3 is 0 Å². The van der Waals surface area contributed by atoms with Crippen LogP contribution in [0.25, 0.3) is 0 Å². The van der Waals surface area contributed by atoms with E-state index in [2.05, 4.69) is 78.5 Å². The number of benzene rings is 1. The highest BCUT2D eigenvalue weighted by molar-refractivity contribution is 8.00. The van der Waals surface area contributed by atoms with Crippen LogP contribution in [-0.2, 0) is 0 Å². The minimum Gasteiger partial charge on any atom is -0.0898 e. The molecule has 1 aromatic rings. The third-order valence-corrected chi connectivity index (χ3v) is 21.2. The van der Waals surface area contributed by atoms with Crippen molar-refractivity contribution in [2.75, 3.05) is 6.66 Å². The van der Waals surface area contributed by atoms with Gasteiger partial charge in [0.25, 0.3) is 0 Å². The zero-order chi connectivity index (χ0) is 13.9. The summed E-state index contributed by atoms with van der Waals surface area (Å²) in [6, 6.07) is 11.2. The molecule has 0 aliphatic heterocycles. The van der Waals surface area contributed by atoms with Crippen molar-refractivity contribution in [3.8, 4) is 0 Å². The van der Waals surface area contributed by atoms with E-state index in [0.717, 1.165) is 16.6 Å². The third kappa shape index (κ3) is 2.73. The zero-order valence-corrected chi connectivity index (χ0v) is 15.0. The molecule has 0 spiro atoms.